The van der Waals surface area contributed by atoms with Gasteiger partial charge < -0.3 is 9.84 Å². The summed E-state index contributed by atoms with van der Waals surface area (Å²) in [5.74, 6) is 2.04. The molecule has 30 heavy (non-hydrogen) atoms. The van der Waals surface area contributed by atoms with Crippen molar-refractivity contribution in [2.24, 2.45) is 0 Å². The SMILES string of the molecule is O[C@H]1CCCc2c(Oc3nc(-c4cccnc4)nc4sc5c(c34)CCC5)cccc21. The molecule has 0 amide bonds. The number of aliphatic hydroxyl groups excluding tert-OH is 1. The van der Waals surface area contributed by atoms with E-state index in [0.29, 0.717) is 11.7 Å². The lowest BCUT2D eigenvalue weighted by Crippen LogP contribution is -2.10. The first-order chi connectivity index (χ1) is 14.8. The second-order valence-corrected chi connectivity index (χ2v) is 9.05. The van der Waals surface area contributed by atoms with E-state index in [1.165, 1.54) is 16.9 Å². The van der Waals surface area contributed by atoms with Gasteiger partial charge in [-0.2, -0.15) is 4.98 Å². The van der Waals surface area contributed by atoms with E-state index in [2.05, 4.69) is 4.98 Å². The molecule has 0 spiro atoms. The van der Waals surface area contributed by atoms with Crippen molar-refractivity contribution in [3.8, 4) is 23.0 Å². The van der Waals surface area contributed by atoms with Crippen molar-refractivity contribution in [3.05, 3.63) is 64.3 Å². The van der Waals surface area contributed by atoms with Crippen molar-refractivity contribution < 1.29 is 9.84 Å². The lowest BCUT2D eigenvalue weighted by Gasteiger charge is -2.23. The molecule has 6 rings (SSSR count). The molecular formula is C24H21N3O2S. The summed E-state index contributed by atoms with van der Waals surface area (Å²) in [5, 5.41) is 11.5. The van der Waals surface area contributed by atoms with Gasteiger partial charge in [0.25, 0.3) is 0 Å². The zero-order valence-corrected chi connectivity index (χ0v) is 17.3. The maximum atomic E-state index is 10.4. The number of ether oxygens (including phenoxy) is 1. The summed E-state index contributed by atoms with van der Waals surface area (Å²) in [4.78, 5) is 16.3. The van der Waals surface area contributed by atoms with Crippen molar-refractivity contribution in [2.45, 2.75) is 44.6 Å². The summed E-state index contributed by atoms with van der Waals surface area (Å²) < 4.78 is 6.51. The average Bonchev–Trinajstić information content (AvgIpc) is 3.36. The smallest absolute Gasteiger partial charge is 0.231 e. The van der Waals surface area contributed by atoms with E-state index in [1.807, 2.05) is 30.3 Å². The second-order valence-electron chi connectivity index (χ2n) is 7.97. The van der Waals surface area contributed by atoms with Crippen LogP contribution in [0.15, 0.2) is 42.7 Å². The van der Waals surface area contributed by atoms with Crippen molar-refractivity contribution in [2.75, 3.05) is 0 Å². The molecule has 0 aliphatic heterocycles. The Morgan fingerprint density at radius 3 is 2.83 bits per heavy atom. The molecule has 1 aromatic carbocycles. The number of hydrogen-bond acceptors (Lipinski definition) is 6. The van der Waals surface area contributed by atoms with Crippen LogP contribution >= 0.6 is 11.3 Å². The predicted molar refractivity (Wildman–Crippen MR) is 117 cm³/mol. The number of pyridine rings is 1. The Labute approximate surface area is 178 Å². The first kappa shape index (κ1) is 18.0. The second kappa shape index (κ2) is 7.15. The van der Waals surface area contributed by atoms with Gasteiger partial charge in [-0.15, -0.1) is 11.3 Å². The van der Waals surface area contributed by atoms with E-state index < -0.39 is 6.10 Å². The Morgan fingerprint density at radius 2 is 1.93 bits per heavy atom. The van der Waals surface area contributed by atoms with Crippen LogP contribution in [-0.2, 0) is 19.3 Å². The van der Waals surface area contributed by atoms with Gasteiger partial charge in [-0.25, -0.2) is 4.98 Å². The number of aromatic nitrogens is 3. The van der Waals surface area contributed by atoms with Crippen LogP contribution in [0.3, 0.4) is 0 Å². The van der Waals surface area contributed by atoms with Crippen LogP contribution in [0, 0.1) is 0 Å². The number of rotatable bonds is 3. The highest BCUT2D eigenvalue weighted by Crippen LogP contribution is 2.44. The summed E-state index contributed by atoms with van der Waals surface area (Å²) in [5.41, 5.74) is 4.29. The number of nitrogens with zero attached hydrogens (tertiary/aromatic N) is 3. The van der Waals surface area contributed by atoms with Crippen molar-refractivity contribution >= 4 is 21.6 Å². The summed E-state index contributed by atoms with van der Waals surface area (Å²) in [6.07, 6.45) is 9.12. The quantitative estimate of drug-likeness (QED) is 0.485. The highest BCUT2D eigenvalue weighted by Gasteiger charge is 2.26. The third-order valence-corrected chi connectivity index (χ3v) is 7.28. The molecule has 1 N–H and O–H groups in total. The predicted octanol–water partition coefficient (Wildman–Crippen LogP) is 5.40. The Kier molecular flexibility index (Phi) is 4.28. The van der Waals surface area contributed by atoms with E-state index in [9.17, 15) is 5.11 Å². The average molecular weight is 416 g/mol. The zero-order chi connectivity index (χ0) is 20.1. The van der Waals surface area contributed by atoms with Gasteiger partial charge in [0.1, 0.15) is 10.6 Å². The lowest BCUT2D eigenvalue weighted by molar-refractivity contribution is 0.156. The van der Waals surface area contributed by atoms with Crippen molar-refractivity contribution in [1.29, 1.82) is 0 Å². The molecule has 3 aromatic heterocycles. The van der Waals surface area contributed by atoms with E-state index in [0.717, 1.165) is 64.8 Å². The molecule has 4 aromatic rings. The third-order valence-electron chi connectivity index (χ3n) is 6.09. The largest absolute Gasteiger partial charge is 0.438 e. The van der Waals surface area contributed by atoms with E-state index in [4.69, 9.17) is 14.7 Å². The molecule has 0 radical (unpaired) electrons. The molecule has 0 saturated carbocycles. The van der Waals surface area contributed by atoms with Crippen LogP contribution in [0.1, 0.15) is 46.9 Å². The van der Waals surface area contributed by atoms with Gasteiger partial charge in [-0.05, 0) is 67.9 Å². The van der Waals surface area contributed by atoms with Crippen LogP contribution in [0.2, 0.25) is 0 Å². The molecular weight excluding hydrogens is 394 g/mol. The van der Waals surface area contributed by atoms with E-state index in [1.54, 1.807) is 23.7 Å². The molecule has 0 saturated heterocycles. The van der Waals surface area contributed by atoms with Gasteiger partial charge in [0, 0.05) is 28.4 Å². The van der Waals surface area contributed by atoms with Gasteiger partial charge in [-0.1, -0.05) is 12.1 Å². The minimum absolute atomic E-state index is 0.418. The van der Waals surface area contributed by atoms with Crippen LogP contribution < -0.4 is 4.74 Å². The number of benzene rings is 1. The van der Waals surface area contributed by atoms with Crippen LogP contribution in [0.5, 0.6) is 11.6 Å². The number of thiophene rings is 1. The number of fused-ring (bicyclic) bond motifs is 4. The molecule has 150 valence electrons. The summed E-state index contributed by atoms with van der Waals surface area (Å²) >= 11 is 1.76. The number of aliphatic hydroxyl groups is 1. The van der Waals surface area contributed by atoms with Gasteiger partial charge in [0.2, 0.25) is 5.88 Å². The maximum absolute atomic E-state index is 10.4. The molecule has 5 nitrogen and oxygen atoms in total. The first-order valence-corrected chi connectivity index (χ1v) is 11.3. The summed E-state index contributed by atoms with van der Waals surface area (Å²) in [7, 11) is 0. The molecule has 0 unspecified atom stereocenters. The molecule has 1 atom stereocenters. The monoisotopic (exact) mass is 415 g/mol. The molecule has 3 heterocycles. The highest BCUT2D eigenvalue weighted by molar-refractivity contribution is 7.19. The molecule has 6 heteroatoms. The van der Waals surface area contributed by atoms with E-state index >= 15 is 0 Å². The highest BCUT2D eigenvalue weighted by atomic mass is 32.1. The first-order valence-electron chi connectivity index (χ1n) is 10.5. The molecule has 0 bridgehead atoms. The fraction of sp³-hybridized carbons (Fsp3) is 0.292. The van der Waals surface area contributed by atoms with Crippen LogP contribution in [0.25, 0.3) is 21.6 Å². The topological polar surface area (TPSA) is 68.1 Å². The van der Waals surface area contributed by atoms with Crippen LogP contribution in [0.4, 0.5) is 0 Å². The summed E-state index contributed by atoms with van der Waals surface area (Å²) in [6, 6.07) is 9.82. The third kappa shape index (κ3) is 2.90. The number of aryl methyl sites for hydroxylation is 2. The fourth-order valence-corrected chi connectivity index (χ4v) is 5.90. The summed E-state index contributed by atoms with van der Waals surface area (Å²) in [6.45, 7) is 0. The van der Waals surface area contributed by atoms with Gasteiger partial charge >= 0.3 is 0 Å². The zero-order valence-electron chi connectivity index (χ0n) is 16.5. The van der Waals surface area contributed by atoms with Gasteiger partial charge in [0.15, 0.2) is 5.82 Å². The van der Waals surface area contributed by atoms with Gasteiger partial charge in [-0.3, -0.25) is 4.98 Å². The molecule has 0 fully saturated rings. The normalized spacial score (nSPS) is 17.7. The van der Waals surface area contributed by atoms with Crippen molar-refractivity contribution in [3.63, 3.8) is 0 Å². The van der Waals surface area contributed by atoms with Crippen molar-refractivity contribution in [1.82, 2.24) is 15.0 Å². The Balaban J connectivity index is 1.53. The van der Waals surface area contributed by atoms with E-state index in [-0.39, 0.29) is 0 Å². The minimum atomic E-state index is -0.418. The Hall–Kier alpha value is -2.83. The molecule has 2 aliphatic rings. The fourth-order valence-electron chi connectivity index (χ4n) is 4.65. The standard InChI is InChI=1S/C24H21N3O2S/c28-18-9-1-7-16-15(18)6-2-10-19(16)29-23-21-17-8-3-11-20(17)30-24(21)27-22(26-23)14-5-4-12-25-13-14/h2,4-6,10,12-13,18,28H,1,3,7-9,11H2/t18-/m0/s1. The van der Waals surface area contributed by atoms with Crippen LogP contribution in [-0.4, -0.2) is 20.1 Å². The Morgan fingerprint density at radius 1 is 1.00 bits per heavy atom. The Bertz CT molecular complexity index is 1250. The van der Waals surface area contributed by atoms with Gasteiger partial charge in [0.05, 0.1) is 11.5 Å². The maximum Gasteiger partial charge on any atom is 0.231 e. The minimum Gasteiger partial charge on any atom is -0.438 e. The lowest BCUT2D eigenvalue weighted by atomic mass is 9.89. The molecule has 2 aliphatic carbocycles. The number of hydrogen-bond donors (Lipinski definition) is 1.